The molecule has 1 aromatic carbocycles. The Balaban J connectivity index is 1.76. The molecule has 0 bridgehead atoms. The number of hydrogen-bond acceptors (Lipinski definition) is 4. The van der Waals surface area contributed by atoms with Crippen LogP contribution in [0.1, 0.15) is 21.6 Å². The van der Waals surface area contributed by atoms with Crippen LogP contribution in [-0.4, -0.2) is 25.7 Å². The third-order valence-electron chi connectivity index (χ3n) is 3.71. The summed E-state index contributed by atoms with van der Waals surface area (Å²) >= 11 is 0. The molecular weight excluding hydrogens is 347 g/mol. The predicted molar refractivity (Wildman–Crippen MR) is 86.8 cm³/mol. The highest BCUT2D eigenvalue weighted by atomic mass is 19.4. The number of carbonyl (C=O) groups excluding carboxylic acids is 1. The Hall–Kier alpha value is -3.23. The Morgan fingerprint density at radius 1 is 1.19 bits per heavy atom. The average Bonchev–Trinajstić information content (AvgIpc) is 3.00. The van der Waals surface area contributed by atoms with Crippen molar-refractivity contribution in [2.75, 3.05) is 0 Å². The van der Waals surface area contributed by atoms with Crippen LogP contribution in [0.4, 0.5) is 13.2 Å². The molecule has 0 unspecified atom stereocenters. The zero-order valence-electron chi connectivity index (χ0n) is 13.7. The van der Waals surface area contributed by atoms with Gasteiger partial charge in [0, 0.05) is 19.4 Å². The standard InChI is InChI=1S/C17H14F3N5O/c1-25-11(8-14(24-25)15-10-21-6-7-22-15)9-23-16(26)12-4-2-3-5-13(12)17(18,19)20/h2-8,10H,9H2,1H3,(H,23,26). The van der Waals surface area contributed by atoms with E-state index in [1.165, 1.54) is 29.2 Å². The molecule has 0 aliphatic heterocycles. The van der Waals surface area contributed by atoms with Crippen molar-refractivity contribution in [2.45, 2.75) is 12.7 Å². The molecule has 0 radical (unpaired) electrons. The molecule has 3 aromatic rings. The number of aryl methyl sites for hydroxylation is 1. The number of nitrogens with one attached hydrogen (secondary N) is 1. The molecule has 2 heterocycles. The molecule has 1 amide bonds. The van der Waals surface area contributed by atoms with Crippen LogP contribution in [0, 0.1) is 0 Å². The molecule has 3 rings (SSSR count). The lowest BCUT2D eigenvalue weighted by Gasteiger charge is -2.12. The number of alkyl halides is 3. The molecule has 2 aromatic heterocycles. The lowest BCUT2D eigenvalue weighted by Crippen LogP contribution is -2.26. The molecule has 0 saturated heterocycles. The molecule has 6 nitrogen and oxygen atoms in total. The van der Waals surface area contributed by atoms with E-state index in [0.717, 1.165) is 12.1 Å². The maximum Gasteiger partial charge on any atom is 0.417 e. The van der Waals surface area contributed by atoms with Crippen molar-refractivity contribution in [2.24, 2.45) is 7.05 Å². The van der Waals surface area contributed by atoms with Crippen LogP contribution in [0.3, 0.4) is 0 Å². The first-order chi connectivity index (χ1) is 12.4. The maximum atomic E-state index is 13.0. The maximum absolute atomic E-state index is 13.0. The predicted octanol–water partition coefficient (Wildman–Crippen LogP) is 2.83. The minimum Gasteiger partial charge on any atom is -0.346 e. The summed E-state index contributed by atoms with van der Waals surface area (Å²) in [5, 5.41) is 6.77. The highest BCUT2D eigenvalue weighted by Gasteiger charge is 2.34. The van der Waals surface area contributed by atoms with Gasteiger partial charge in [-0.1, -0.05) is 12.1 Å². The minimum atomic E-state index is -4.60. The number of hydrogen-bond donors (Lipinski definition) is 1. The van der Waals surface area contributed by atoms with Crippen molar-refractivity contribution in [3.8, 4) is 11.4 Å². The Labute approximate surface area is 146 Å². The Morgan fingerprint density at radius 2 is 1.96 bits per heavy atom. The minimum absolute atomic E-state index is 0.0226. The van der Waals surface area contributed by atoms with Gasteiger partial charge in [0.1, 0.15) is 11.4 Å². The van der Waals surface area contributed by atoms with E-state index in [2.05, 4.69) is 20.4 Å². The molecule has 0 aliphatic rings. The van der Waals surface area contributed by atoms with Gasteiger partial charge in [-0.3, -0.25) is 19.4 Å². The molecule has 9 heteroatoms. The summed E-state index contributed by atoms with van der Waals surface area (Å²) in [5.74, 6) is -0.805. The van der Waals surface area contributed by atoms with E-state index in [-0.39, 0.29) is 6.54 Å². The van der Waals surface area contributed by atoms with Gasteiger partial charge < -0.3 is 5.32 Å². The highest BCUT2D eigenvalue weighted by Crippen LogP contribution is 2.31. The van der Waals surface area contributed by atoms with Crippen molar-refractivity contribution in [1.29, 1.82) is 0 Å². The number of rotatable bonds is 4. The van der Waals surface area contributed by atoms with Crippen molar-refractivity contribution in [1.82, 2.24) is 25.1 Å². The Bertz CT molecular complexity index is 922. The van der Waals surface area contributed by atoms with E-state index in [0.29, 0.717) is 17.1 Å². The molecule has 0 fully saturated rings. The Kier molecular flexibility index (Phi) is 4.70. The molecule has 134 valence electrons. The quantitative estimate of drug-likeness (QED) is 0.776. The zero-order chi connectivity index (χ0) is 18.7. The smallest absolute Gasteiger partial charge is 0.346 e. The van der Waals surface area contributed by atoms with E-state index in [1.54, 1.807) is 19.3 Å². The van der Waals surface area contributed by atoms with Gasteiger partial charge in [-0.05, 0) is 18.2 Å². The number of nitrogens with zero attached hydrogens (tertiary/aromatic N) is 4. The molecule has 1 N–H and O–H groups in total. The summed E-state index contributed by atoms with van der Waals surface area (Å²) in [7, 11) is 1.67. The second kappa shape index (κ2) is 6.95. The van der Waals surface area contributed by atoms with Gasteiger partial charge in [-0.15, -0.1) is 0 Å². The SMILES string of the molecule is Cn1nc(-c2cnccn2)cc1CNC(=O)c1ccccc1C(F)(F)F. The van der Waals surface area contributed by atoms with Crippen molar-refractivity contribution in [3.63, 3.8) is 0 Å². The first-order valence-electron chi connectivity index (χ1n) is 7.60. The molecule has 0 saturated carbocycles. The molecule has 0 atom stereocenters. The summed E-state index contributed by atoms with van der Waals surface area (Å²) in [5.41, 5.74) is 0.339. The summed E-state index contributed by atoms with van der Waals surface area (Å²) in [6.45, 7) is 0.0226. The fourth-order valence-corrected chi connectivity index (χ4v) is 2.42. The van der Waals surface area contributed by atoms with Crippen LogP contribution in [0.15, 0.2) is 48.9 Å². The highest BCUT2D eigenvalue weighted by molar-refractivity contribution is 5.95. The van der Waals surface area contributed by atoms with Gasteiger partial charge in [-0.2, -0.15) is 18.3 Å². The first kappa shape index (κ1) is 17.6. The van der Waals surface area contributed by atoms with Crippen molar-refractivity contribution < 1.29 is 18.0 Å². The second-order valence-corrected chi connectivity index (χ2v) is 5.46. The van der Waals surface area contributed by atoms with E-state index in [4.69, 9.17) is 0 Å². The summed E-state index contributed by atoms with van der Waals surface area (Å²) in [6.07, 6.45) is 0.00901. The topological polar surface area (TPSA) is 72.7 Å². The molecular formula is C17H14F3N5O. The van der Waals surface area contributed by atoms with E-state index in [1.807, 2.05) is 0 Å². The van der Waals surface area contributed by atoms with Gasteiger partial charge in [0.25, 0.3) is 5.91 Å². The average molecular weight is 361 g/mol. The Morgan fingerprint density at radius 3 is 2.65 bits per heavy atom. The zero-order valence-corrected chi connectivity index (χ0v) is 13.7. The van der Waals surface area contributed by atoms with Crippen LogP contribution >= 0.6 is 0 Å². The van der Waals surface area contributed by atoms with Gasteiger partial charge in [0.05, 0.1) is 29.6 Å². The second-order valence-electron chi connectivity index (χ2n) is 5.46. The number of halogens is 3. The van der Waals surface area contributed by atoms with Crippen molar-refractivity contribution >= 4 is 5.91 Å². The normalized spacial score (nSPS) is 11.4. The lowest BCUT2D eigenvalue weighted by atomic mass is 10.1. The number of carbonyl (C=O) groups is 1. The summed E-state index contributed by atoms with van der Waals surface area (Å²) < 4.78 is 40.6. The van der Waals surface area contributed by atoms with E-state index in [9.17, 15) is 18.0 Å². The number of benzene rings is 1. The van der Waals surface area contributed by atoms with E-state index >= 15 is 0 Å². The number of amides is 1. The third-order valence-corrected chi connectivity index (χ3v) is 3.71. The van der Waals surface area contributed by atoms with E-state index < -0.39 is 23.2 Å². The fraction of sp³-hybridized carbons (Fsp3) is 0.176. The molecule has 26 heavy (non-hydrogen) atoms. The van der Waals surface area contributed by atoms with Crippen LogP contribution in [-0.2, 0) is 19.8 Å². The van der Waals surface area contributed by atoms with Crippen molar-refractivity contribution in [3.05, 3.63) is 65.7 Å². The monoisotopic (exact) mass is 361 g/mol. The summed E-state index contributed by atoms with van der Waals surface area (Å²) in [4.78, 5) is 20.3. The molecule has 0 aliphatic carbocycles. The summed E-state index contributed by atoms with van der Waals surface area (Å²) in [6, 6.07) is 6.35. The molecule has 0 spiro atoms. The van der Waals surface area contributed by atoms with Gasteiger partial charge >= 0.3 is 6.18 Å². The fourth-order valence-electron chi connectivity index (χ4n) is 2.42. The largest absolute Gasteiger partial charge is 0.417 e. The lowest BCUT2D eigenvalue weighted by molar-refractivity contribution is -0.137. The number of aromatic nitrogens is 4. The van der Waals surface area contributed by atoms with Gasteiger partial charge in [0.2, 0.25) is 0 Å². The van der Waals surface area contributed by atoms with Crippen LogP contribution in [0.5, 0.6) is 0 Å². The van der Waals surface area contributed by atoms with Gasteiger partial charge in [0.15, 0.2) is 0 Å². The van der Waals surface area contributed by atoms with Crippen LogP contribution < -0.4 is 5.32 Å². The first-order valence-corrected chi connectivity index (χ1v) is 7.60. The van der Waals surface area contributed by atoms with Crippen LogP contribution in [0.2, 0.25) is 0 Å². The third kappa shape index (κ3) is 3.71. The van der Waals surface area contributed by atoms with Gasteiger partial charge in [-0.25, -0.2) is 0 Å². The van der Waals surface area contributed by atoms with Crippen LogP contribution in [0.25, 0.3) is 11.4 Å².